The smallest absolute Gasteiger partial charge is 0.253 e. The summed E-state index contributed by atoms with van der Waals surface area (Å²) in [5, 5.41) is 8.60. The Labute approximate surface area is 103 Å². The maximum absolute atomic E-state index is 12.3. The van der Waals surface area contributed by atoms with Gasteiger partial charge in [0, 0.05) is 6.20 Å². The predicted octanol–water partition coefficient (Wildman–Crippen LogP) is 3.36. The first-order valence-corrected chi connectivity index (χ1v) is 5.78. The highest BCUT2D eigenvalue weighted by atomic mass is 35.5. The first-order valence-electron chi connectivity index (χ1n) is 4.42. The second-order valence-electron chi connectivity index (χ2n) is 3.06. The van der Waals surface area contributed by atoms with Gasteiger partial charge in [-0.3, -0.25) is 4.98 Å². The lowest BCUT2D eigenvalue weighted by Crippen LogP contribution is -2.05. The molecule has 0 aromatic carbocycles. The molecule has 2 rings (SSSR count). The van der Waals surface area contributed by atoms with Crippen molar-refractivity contribution in [2.24, 2.45) is 0 Å². The maximum atomic E-state index is 12.3. The van der Waals surface area contributed by atoms with Crippen LogP contribution in [0.5, 0.6) is 0 Å². The number of halogens is 4. The van der Waals surface area contributed by atoms with E-state index in [4.69, 9.17) is 11.6 Å². The van der Waals surface area contributed by atoms with Gasteiger partial charge in [-0.2, -0.15) is 13.2 Å². The number of alkyl halides is 4. The highest BCUT2D eigenvalue weighted by molar-refractivity contribution is 7.14. The lowest BCUT2D eigenvalue weighted by atomic mass is 10.2. The molecule has 0 aliphatic rings. The van der Waals surface area contributed by atoms with Crippen LogP contribution in [-0.4, -0.2) is 15.2 Å². The molecule has 0 fully saturated rings. The zero-order valence-corrected chi connectivity index (χ0v) is 9.77. The van der Waals surface area contributed by atoms with E-state index in [1.54, 1.807) is 0 Å². The van der Waals surface area contributed by atoms with Crippen LogP contribution in [0.4, 0.5) is 13.2 Å². The third kappa shape index (κ3) is 2.73. The van der Waals surface area contributed by atoms with Gasteiger partial charge in [-0.05, 0) is 12.1 Å². The van der Waals surface area contributed by atoms with Crippen LogP contribution in [0.25, 0.3) is 10.7 Å². The number of aromatic nitrogens is 3. The zero-order valence-electron chi connectivity index (χ0n) is 8.20. The van der Waals surface area contributed by atoms with Crippen molar-refractivity contribution >= 4 is 22.9 Å². The fraction of sp³-hybridized carbons (Fsp3) is 0.222. The van der Waals surface area contributed by atoms with Gasteiger partial charge in [-0.25, -0.2) is 0 Å². The van der Waals surface area contributed by atoms with Crippen LogP contribution in [0.2, 0.25) is 0 Å². The van der Waals surface area contributed by atoms with E-state index < -0.39 is 11.7 Å². The Balaban J connectivity index is 2.29. The highest BCUT2D eigenvalue weighted by Crippen LogP contribution is 2.30. The van der Waals surface area contributed by atoms with Crippen LogP contribution in [0.15, 0.2) is 18.3 Å². The van der Waals surface area contributed by atoms with Crippen molar-refractivity contribution in [3.8, 4) is 10.7 Å². The number of hydrogen-bond donors (Lipinski definition) is 0. The van der Waals surface area contributed by atoms with Gasteiger partial charge in [0.15, 0.2) is 5.01 Å². The first-order chi connectivity index (χ1) is 8.00. The van der Waals surface area contributed by atoms with Gasteiger partial charge >= 0.3 is 6.18 Å². The second-order valence-corrected chi connectivity index (χ2v) is 4.39. The third-order valence-corrected chi connectivity index (χ3v) is 3.25. The molecule has 0 aliphatic heterocycles. The summed E-state index contributed by atoms with van der Waals surface area (Å²) in [7, 11) is 0. The van der Waals surface area contributed by atoms with E-state index in [2.05, 4.69) is 15.2 Å². The van der Waals surface area contributed by atoms with Crippen molar-refractivity contribution in [3.05, 3.63) is 28.9 Å². The van der Waals surface area contributed by atoms with Gasteiger partial charge in [-0.1, -0.05) is 11.3 Å². The van der Waals surface area contributed by atoms with Crippen LogP contribution in [0.1, 0.15) is 10.6 Å². The molecule has 0 spiro atoms. The van der Waals surface area contributed by atoms with Crippen LogP contribution in [-0.2, 0) is 12.1 Å². The van der Waals surface area contributed by atoms with Crippen molar-refractivity contribution in [2.75, 3.05) is 0 Å². The standard InChI is InChI=1S/C9H5ClF3N3S/c10-3-7-15-16-8(17-7)6-2-1-5(4-14-6)9(11,12)13/h1-2,4H,3H2. The zero-order chi connectivity index (χ0) is 12.5. The molecule has 8 heteroatoms. The van der Waals surface area contributed by atoms with Gasteiger partial charge in [0.05, 0.1) is 11.4 Å². The fourth-order valence-corrected chi connectivity index (χ4v) is 1.98. The quantitative estimate of drug-likeness (QED) is 0.791. The lowest BCUT2D eigenvalue weighted by Gasteiger charge is -2.05. The van der Waals surface area contributed by atoms with Gasteiger partial charge in [-0.15, -0.1) is 21.8 Å². The van der Waals surface area contributed by atoms with Crippen molar-refractivity contribution in [1.29, 1.82) is 0 Å². The Morgan fingerprint density at radius 2 is 2.00 bits per heavy atom. The maximum Gasteiger partial charge on any atom is 0.417 e. The summed E-state index contributed by atoms with van der Waals surface area (Å²) in [6, 6.07) is 2.23. The molecule has 0 aliphatic carbocycles. The van der Waals surface area contributed by atoms with Gasteiger partial charge in [0.25, 0.3) is 0 Å². The number of rotatable bonds is 2. The molecular formula is C9H5ClF3N3S. The molecule has 2 aromatic heterocycles. The van der Waals surface area contributed by atoms with E-state index in [0.717, 1.165) is 12.3 Å². The summed E-state index contributed by atoms with van der Waals surface area (Å²) < 4.78 is 36.9. The van der Waals surface area contributed by atoms with Crippen molar-refractivity contribution in [1.82, 2.24) is 15.2 Å². The number of nitrogens with zero attached hydrogens (tertiary/aromatic N) is 3. The largest absolute Gasteiger partial charge is 0.417 e. The summed E-state index contributed by atoms with van der Waals surface area (Å²) >= 11 is 6.75. The van der Waals surface area contributed by atoms with Gasteiger partial charge in [0.2, 0.25) is 0 Å². The Kier molecular flexibility index (Phi) is 3.30. The van der Waals surface area contributed by atoms with E-state index in [1.165, 1.54) is 17.4 Å². The minimum absolute atomic E-state index is 0.221. The normalized spacial score (nSPS) is 11.8. The second kappa shape index (κ2) is 4.58. The van der Waals surface area contributed by atoms with E-state index in [-0.39, 0.29) is 5.88 Å². The van der Waals surface area contributed by atoms with E-state index in [1.807, 2.05) is 0 Å². The number of pyridine rings is 1. The predicted molar refractivity (Wildman–Crippen MR) is 57.7 cm³/mol. The minimum Gasteiger partial charge on any atom is -0.253 e. The van der Waals surface area contributed by atoms with E-state index in [9.17, 15) is 13.2 Å². The summed E-state index contributed by atoms with van der Waals surface area (Å²) in [4.78, 5) is 3.71. The van der Waals surface area contributed by atoms with E-state index >= 15 is 0 Å². The number of hydrogen-bond acceptors (Lipinski definition) is 4. The summed E-state index contributed by atoms with van der Waals surface area (Å²) in [5.74, 6) is 0.221. The summed E-state index contributed by atoms with van der Waals surface area (Å²) in [5.41, 5.74) is -0.435. The fourth-order valence-electron chi connectivity index (χ4n) is 1.10. The summed E-state index contributed by atoms with van der Waals surface area (Å²) in [6.45, 7) is 0. The van der Waals surface area contributed by atoms with Crippen LogP contribution in [0.3, 0.4) is 0 Å². The lowest BCUT2D eigenvalue weighted by molar-refractivity contribution is -0.137. The SMILES string of the molecule is FC(F)(F)c1ccc(-c2nnc(CCl)s2)nc1. The molecule has 2 heterocycles. The molecule has 0 bridgehead atoms. The van der Waals surface area contributed by atoms with Crippen molar-refractivity contribution in [2.45, 2.75) is 12.1 Å². The molecule has 2 aromatic rings. The highest BCUT2D eigenvalue weighted by Gasteiger charge is 2.30. The summed E-state index contributed by atoms with van der Waals surface area (Å²) in [6.07, 6.45) is -3.61. The van der Waals surface area contributed by atoms with Gasteiger partial charge in [0.1, 0.15) is 10.7 Å². The average molecular weight is 280 g/mol. The molecule has 0 radical (unpaired) electrons. The van der Waals surface area contributed by atoms with Crippen LogP contribution >= 0.6 is 22.9 Å². The minimum atomic E-state index is -4.38. The molecule has 0 unspecified atom stereocenters. The molecule has 17 heavy (non-hydrogen) atoms. The van der Waals surface area contributed by atoms with Crippen molar-refractivity contribution < 1.29 is 13.2 Å². The Morgan fingerprint density at radius 3 is 2.47 bits per heavy atom. The molecule has 90 valence electrons. The Hall–Kier alpha value is -1.21. The Morgan fingerprint density at radius 1 is 1.24 bits per heavy atom. The monoisotopic (exact) mass is 279 g/mol. The topological polar surface area (TPSA) is 38.7 Å². The van der Waals surface area contributed by atoms with Crippen molar-refractivity contribution in [3.63, 3.8) is 0 Å². The molecule has 0 saturated heterocycles. The molecule has 0 N–H and O–H groups in total. The average Bonchev–Trinajstić information content (AvgIpc) is 2.76. The first kappa shape index (κ1) is 12.3. The molecule has 0 amide bonds. The third-order valence-electron chi connectivity index (χ3n) is 1.89. The van der Waals surface area contributed by atoms with Gasteiger partial charge < -0.3 is 0 Å². The van der Waals surface area contributed by atoms with E-state index in [0.29, 0.717) is 15.7 Å². The van der Waals surface area contributed by atoms with Crippen LogP contribution < -0.4 is 0 Å². The molecule has 0 saturated carbocycles. The Bertz CT molecular complexity index is 509. The molecule has 0 atom stereocenters. The molecule has 3 nitrogen and oxygen atoms in total. The molecular weight excluding hydrogens is 275 g/mol. The van der Waals surface area contributed by atoms with Crippen LogP contribution in [0, 0.1) is 0 Å².